The number of aldehydes is 1. The number of aromatic hydroxyl groups is 1. The van der Waals surface area contributed by atoms with Crippen molar-refractivity contribution in [3.63, 3.8) is 0 Å². The molecular formula is C25H16N2O6S. The lowest BCUT2D eigenvalue weighted by atomic mass is 9.95. The van der Waals surface area contributed by atoms with Crippen LogP contribution >= 0.6 is 0 Å². The van der Waals surface area contributed by atoms with Crippen molar-refractivity contribution in [1.29, 1.82) is 0 Å². The SMILES string of the molecule is O=Cc1c(-c2ccccc2[N+](=O)[O-])cc2c(c1O)c1ccccc1n2S(=O)(=O)c1ccccc1. The third kappa shape index (κ3) is 3.06. The molecule has 0 amide bonds. The molecule has 0 fully saturated rings. The summed E-state index contributed by atoms with van der Waals surface area (Å²) >= 11 is 0. The van der Waals surface area contributed by atoms with Gasteiger partial charge < -0.3 is 5.11 Å². The lowest BCUT2D eigenvalue weighted by Gasteiger charge is -2.12. The molecule has 4 aromatic carbocycles. The molecule has 1 N–H and O–H groups in total. The Balaban J connectivity index is 1.99. The van der Waals surface area contributed by atoms with Crippen LogP contribution in [0.4, 0.5) is 5.69 Å². The summed E-state index contributed by atoms with van der Waals surface area (Å²) in [4.78, 5) is 23.1. The Morgan fingerprint density at radius 3 is 2.21 bits per heavy atom. The van der Waals surface area contributed by atoms with Crippen molar-refractivity contribution in [3.8, 4) is 16.9 Å². The Morgan fingerprint density at radius 2 is 1.50 bits per heavy atom. The summed E-state index contributed by atoms with van der Waals surface area (Å²) in [5.74, 6) is -0.445. The van der Waals surface area contributed by atoms with E-state index in [1.807, 2.05) is 0 Å². The van der Waals surface area contributed by atoms with Crippen LogP contribution < -0.4 is 0 Å². The van der Waals surface area contributed by atoms with Gasteiger partial charge in [0, 0.05) is 17.0 Å². The number of fused-ring (bicyclic) bond motifs is 3. The molecule has 168 valence electrons. The van der Waals surface area contributed by atoms with Gasteiger partial charge in [-0.05, 0) is 30.3 Å². The lowest BCUT2D eigenvalue weighted by molar-refractivity contribution is -0.384. The van der Waals surface area contributed by atoms with E-state index < -0.39 is 20.7 Å². The molecule has 0 unspecified atom stereocenters. The van der Waals surface area contributed by atoms with Crippen molar-refractivity contribution in [2.24, 2.45) is 0 Å². The Labute approximate surface area is 193 Å². The second-order valence-electron chi connectivity index (χ2n) is 7.57. The Morgan fingerprint density at radius 1 is 0.853 bits per heavy atom. The van der Waals surface area contributed by atoms with Crippen molar-refractivity contribution < 1.29 is 23.2 Å². The predicted molar refractivity (Wildman–Crippen MR) is 128 cm³/mol. The van der Waals surface area contributed by atoms with Crippen molar-refractivity contribution in [2.75, 3.05) is 0 Å². The molecule has 1 aromatic heterocycles. The first kappa shape index (κ1) is 21.4. The molecule has 0 aliphatic rings. The van der Waals surface area contributed by atoms with Gasteiger partial charge in [0.2, 0.25) is 0 Å². The van der Waals surface area contributed by atoms with Gasteiger partial charge in [-0.15, -0.1) is 0 Å². The fourth-order valence-corrected chi connectivity index (χ4v) is 5.78. The molecule has 8 nitrogen and oxygen atoms in total. The van der Waals surface area contributed by atoms with Gasteiger partial charge in [0.05, 0.1) is 37.4 Å². The predicted octanol–water partition coefficient (Wildman–Crippen LogP) is 5.12. The van der Waals surface area contributed by atoms with Crippen molar-refractivity contribution >= 4 is 43.8 Å². The third-order valence-corrected chi connectivity index (χ3v) is 7.46. The van der Waals surface area contributed by atoms with Gasteiger partial charge in [0.1, 0.15) is 5.75 Å². The molecule has 0 saturated heterocycles. The number of phenolic OH excluding ortho intramolecular Hbond substituents is 1. The first-order valence-electron chi connectivity index (χ1n) is 10.1. The maximum Gasteiger partial charge on any atom is 0.277 e. The molecule has 0 atom stereocenters. The minimum Gasteiger partial charge on any atom is -0.506 e. The zero-order valence-corrected chi connectivity index (χ0v) is 18.3. The van der Waals surface area contributed by atoms with Gasteiger partial charge in [-0.2, -0.15) is 0 Å². The standard InChI is InChI=1S/C25H16N2O6S/c28-15-20-19(17-10-4-7-13-22(17)27(30)31)14-23-24(25(20)29)18-11-5-6-12-21(18)26(23)34(32,33)16-8-2-1-3-9-16/h1-15,29H. The molecule has 0 bridgehead atoms. The van der Waals surface area contributed by atoms with Crippen LogP contribution in [0.2, 0.25) is 0 Å². The maximum atomic E-state index is 13.7. The first-order chi connectivity index (χ1) is 16.4. The van der Waals surface area contributed by atoms with E-state index in [2.05, 4.69) is 0 Å². The third-order valence-electron chi connectivity index (χ3n) is 5.72. The number of nitrogens with zero attached hydrogens (tertiary/aromatic N) is 2. The number of nitro benzene ring substituents is 1. The van der Waals surface area contributed by atoms with Gasteiger partial charge in [0.15, 0.2) is 6.29 Å². The van der Waals surface area contributed by atoms with E-state index in [4.69, 9.17) is 0 Å². The van der Waals surface area contributed by atoms with E-state index in [0.717, 1.165) is 3.97 Å². The number of phenols is 1. The Bertz CT molecular complexity index is 1720. The second kappa shape index (κ2) is 7.82. The Hall–Kier alpha value is -4.50. The van der Waals surface area contributed by atoms with Crippen molar-refractivity contribution in [3.05, 3.63) is 101 Å². The summed E-state index contributed by atoms with van der Waals surface area (Å²) < 4.78 is 28.5. The number of para-hydroxylation sites is 2. The number of aromatic nitrogens is 1. The fourth-order valence-electron chi connectivity index (χ4n) is 4.25. The molecule has 9 heteroatoms. The monoisotopic (exact) mass is 472 g/mol. The van der Waals surface area contributed by atoms with Crippen molar-refractivity contribution in [2.45, 2.75) is 4.90 Å². The zero-order valence-electron chi connectivity index (χ0n) is 17.5. The van der Waals surface area contributed by atoms with E-state index in [-0.39, 0.29) is 38.2 Å². The number of carbonyl (C=O) groups excluding carboxylic acids is 1. The normalized spacial score (nSPS) is 11.6. The van der Waals surface area contributed by atoms with Crippen molar-refractivity contribution in [1.82, 2.24) is 3.97 Å². The largest absolute Gasteiger partial charge is 0.506 e. The van der Waals surface area contributed by atoms with Gasteiger partial charge >= 0.3 is 0 Å². The molecule has 0 aliphatic heterocycles. The van der Waals surface area contributed by atoms with Crippen LogP contribution in [0.25, 0.3) is 32.9 Å². The summed E-state index contributed by atoms with van der Waals surface area (Å²) in [6.45, 7) is 0. The van der Waals surface area contributed by atoms with Gasteiger partial charge in [-0.1, -0.05) is 48.5 Å². The highest BCUT2D eigenvalue weighted by Crippen LogP contribution is 2.44. The smallest absolute Gasteiger partial charge is 0.277 e. The molecule has 5 rings (SSSR count). The molecule has 0 saturated carbocycles. The number of benzene rings is 4. The van der Waals surface area contributed by atoms with E-state index >= 15 is 0 Å². The summed E-state index contributed by atoms with van der Waals surface area (Å²) in [6, 6.07) is 21.6. The summed E-state index contributed by atoms with van der Waals surface area (Å²) in [5.41, 5.74) is 0.0922. The molecule has 0 radical (unpaired) electrons. The average Bonchev–Trinajstić information content (AvgIpc) is 3.19. The lowest BCUT2D eigenvalue weighted by Crippen LogP contribution is -2.12. The van der Waals surface area contributed by atoms with Crippen LogP contribution in [0.3, 0.4) is 0 Å². The van der Waals surface area contributed by atoms with E-state index in [9.17, 15) is 28.4 Å². The topological polar surface area (TPSA) is 120 Å². The van der Waals surface area contributed by atoms with Crippen LogP contribution in [0, 0.1) is 10.1 Å². The second-order valence-corrected chi connectivity index (χ2v) is 9.36. The minimum absolute atomic E-state index is 0.0313. The van der Waals surface area contributed by atoms with E-state index in [0.29, 0.717) is 17.2 Å². The zero-order chi connectivity index (χ0) is 24.0. The van der Waals surface area contributed by atoms with E-state index in [1.165, 1.54) is 36.4 Å². The molecule has 0 aliphatic carbocycles. The number of hydrogen-bond acceptors (Lipinski definition) is 6. The van der Waals surface area contributed by atoms with Crippen LogP contribution in [0.1, 0.15) is 10.4 Å². The van der Waals surface area contributed by atoms with Gasteiger partial charge in [-0.3, -0.25) is 14.9 Å². The molecule has 5 aromatic rings. The molecular weight excluding hydrogens is 456 g/mol. The first-order valence-corrected chi connectivity index (χ1v) is 11.6. The highest BCUT2D eigenvalue weighted by molar-refractivity contribution is 7.90. The number of hydrogen-bond donors (Lipinski definition) is 1. The molecule has 0 spiro atoms. The van der Waals surface area contributed by atoms with Gasteiger partial charge in [-0.25, -0.2) is 12.4 Å². The highest BCUT2D eigenvalue weighted by atomic mass is 32.2. The minimum atomic E-state index is -4.13. The van der Waals surface area contributed by atoms with Gasteiger partial charge in [0.25, 0.3) is 15.7 Å². The van der Waals surface area contributed by atoms with Crippen LogP contribution in [0.15, 0.2) is 89.8 Å². The Kier molecular flexibility index (Phi) is 4.91. The quantitative estimate of drug-likeness (QED) is 0.215. The number of carbonyl (C=O) groups is 1. The van der Waals surface area contributed by atoms with E-state index in [1.54, 1.807) is 48.5 Å². The van der Waals surface area contributed by atoms with Crippen LogP contribution in [-0.2, 0) is 10.0 Å². The summed E-state index contributed by atoms with van der Waals surface area (Å²) in [5, 5.41) is 23.4. The van der Waals surface area contributed by atoms with Crippen LogP contribution in [0.5, 0.6) is 5.75 Å². The average molecular weight is 472 g/mol. The maximum absolute atomic E-state index is 13.7. The number of nitro groups is 1. The summed E-state index contributed by atoms with van der Waals surface area (Å²) in [6.07, 6.45) is 0.415. The summed E-state index contributed by atoms with van der Waals surface area (Å²) in [7, 11) is -4.13. The molecule has 34 heavy (non-hydrogen) atoms. The fraction of sp³-hybridized carbons (Fsp3) is 0. The van der Waals surface area contributed by atoms with Crippen LogP contribution in [-0.4, -0.2) is 28.7 Å². The molecule has 1 heterocycles. The highest BCUT2D eigenvalue weighted by Gasteiger charge is 2.28. The number of rotatable bonds is 5.